The van der Waals surface area contributed by atoms with Gasteiger partial charge in [-0.1, -0.05) is 0 Å². The number of sulfonamides is 1. The summed E-state index contributed by atoms with van der Waals surface area (Å²) in [4.78, 5) is 0. The molecule has 3 N–H and O–H groups in total. The molecule has 0 saturated carbocycles. The van der Waals surface area contributed by atoms with Gasteiger partial charge in [0.15, 0.2) is 0 Å². The lowest BCUT2D eigenvalue weighted by Gasteiger charge is -2.03. The second-order valence-electron chi connectivity index (χ2n) is 2.22. The summed E-state index contributed by atoms with van der Waals surface area (Å²) in [5, 5.41) is 3.54. The van der Waals surface area contributed by atoms with E-state index in [0.29, 0.717) is 5.69 Å². The van der Waals surface area contributed by atoms with Gasteiger partial charge in [-0.05, 0) is 11.4 Å². The molecule has 1 aromatic heterocycles. The standard InChI is InChI=1S/C6H10N2O2S2/c7-2-4-12(9,10)8-6-1-3-11-5-6/h1,3,5,8H,2,4,7H2. The lowest BCUT2D eigenvalue weighted by atomic mass is 10.6. The van der Waals surface area contributed by atoms with Crippen LogP contribution in [0.15, 0.2) is 16.8 Å². The van der Waals surface area contributed by atoms with Crippen LogP contribution in [0.4, 0.5) is 5.69 Å². The van der Waals surface area contributed by atoms with Gasteiger partial charge in [0.25, 0.3) is 0 Å². The highest BCUT2D eigenvalue weighted by molar-refractivity contribution is 7.92. The third kappa shape index (κ3) is 2.80. The normalized spacial score (nSPS) is 11.4. The van der Waals surface area contributed by atoms with Crippen molar-refractivity contribution >= 4 is 27.0 Å². The van der Waals surface area contributed by atoms with Crippen LogP contribution in [0.1, 0.15) is 0 Å². The van der Waals surface area contributed by atoms with Crippen LogP contribution in [0.2, 0.25) is 0 Å². The van der Waals surface area contributed by atoms with E-state index in [-0.39, 0.29) is 12.3 Å². The van der Waals surface area contributed by atoms with Gasteiger partial charge in [0.1, 0.15) is 0 Å². The molecule has 0 radical (unpaired) electrons. The average molecular weight is 206 g/mol. The second kappa shape index (κ2) is 3.88. The molecule has 0 aliphatic rings. The molecule has 6 heteroatoms. The van der Waals surface area contributed by atoms with Crippen molar-refractivity contribution in [2.45, 2.75) is 0 Å². The van der Waals surface area contributed by atoms with E-state index in [1.807, 2.05) is 0 Å². The lowest BCUT2D eigenvalue weighted by Crippen LogP contribution is -2.22. The monoisotopic (exact) mass is 206 g/mol. The smallest absolute Gasteiger partial charge is 0.233 e. The summed E-state index contributed by atoms with van der Waals surface area (Å²) in [7, 11) is -3.22. The van der Waals surface area contributed by atoms with Crippen LogP contribution < -0.4 is 10.5 Å². The Hall–Kier alpha value is -0.590. The van der Waals surface area contributed by atoms with Crippen LogP contribution >= 0.6 is 11.3 Å². The van der Waals surface area contributed by atoms with Crippen molar-refractivity contribution in [2.75, 3.05) is 17.0 Å². The molecule has 0 aliphatic heterocycles. The van der Waals surface area contributed by atoms with Gasteiger partial charge in [-0.25, -0.2) is 8.42 Å². The van der Waals surface area contributed by atoms with Gasteiger partial charge in [0.05, 0.1) is 11.4 Å². The van der Waals surface area contributed by atoms with Crippen LogP contribution in [-0.2, 0) is 10.0 Å². The molecule has 0 fully saturated rings. The fourth-order valence-electron chi connectivity index (χ4n) is 0.708. The van der Waals surface area contributed by atoms with Crippen LogP contribution in [-0.4, -0.2) is 20.7 Å². The van der Waals surface area contributed by atoms with Gasteiger partial charge in [0.2, 0.25) is 10.0 Å². The Labute approximate surface area is 75.5 Å². The molecular formula is C6H10N2O2S2. The summed E-state index contributed by atoms with van der Waals surface area (Å²) in [6.07, 6.45) is 0. The Morgan fingerprint density at radius 2 is 2.33 bits per heavy atom. The summed E-state index contributed by atoms with van der Waals surface area (Å²) in [5.74, 6) is -0.0388. The van der Waals surface area contributed by atoms with Crippen molar-refractivity contribution in [3.63, 3.8) is 0 Å². The maximum absolute atomic E-state index is 11.1. The lowest BCUT2D eigenvalue weighted by molar-refractivity contribution is 0.601. The van der Waals surface area contributed by atoms with E-state index in [4.69, 9.17) is 5.73 Å². The van der Waals surface area contributed by atoms with Gasteiger partial charge in [-0.3, -0.25) is 4.72 Å². The van der Waals surface area contributed by atoms with Crippen molar-refractivity contribution < 1.29 is 8.42 Å². The van der Waals surface area contributed by atoms with E-state index in [1.54, 1.807) is 16.8 Å². The van der Waals surface area contributed by atoms with Gasteiger partial charge >= 0.3 is 0 Å². The Morgan fingerprint density at radius 3 is 2.83 bits per heavy atom. The van der Waals surface area contributed by atoms with E-state index in [1.165, 1.54) is 11.3 Å². The Balaban J connectivity index is 2.63. The molecule has 4 nitrogen and oxygen atoms in total. The molecule has 0 spiro atoms. The number of thiophene rings is 1. The molecule has 1 heterocycles. The van der Waals surface area contributed by atoms with Crippen LogP contribution in [0, 0.1) is 0 Å². The summed E-state index contributed by atoms with van der Waals surface area (Å²) in [5.41, 5.74) is 5.73. The molecule has 12 heavy (non-hydrogen) atoms. The fourth-order valence-corrected chi connectivity index (χ4v) is 2.27. The van der Waals surface area contributed by atoms with Crippen LogP contribution in [0.25, 0.3) is 0 Å². The number of hydrogen-bond acceptors (Lipinski definition) is 4. The van der Waals surface area contributed by atoms with Crippen LogP contribution in [0.5, 0.6) is 0 Å². The average Bonchev–Trinajstić information content (AvgIpc) is 2.38. The minimum absolute atomic E-state index is 0.0388. The van der Waals surface area contributed by atoms with E-state index < -0.39 is 10.0 Å². The maximum Gasteiger partial charge on any atom is 0.233 e. The zero-order valence-corrected chi connectivity index (χ0v) is 7.99. The minimum Gasteiger partial charge on any atom is -0.329 e. The number of rotatable bonds is 4. The molecule has 0 amide bonds. The van der Waals surface area contributed by atoms with Crippen LogP contribution in [0.3, 0.4) is 0 Å². The van der Waals surface area contributed by atoms with Crippen molar-refractivity contribution in [2.24, 2.45) is 5.73 Å². The fraction of sp³-hybridized carbons (Fsp3) is 0.333. The van der Waals surface area contributed by atoms with Gasteiger partial charge in [-0.2, -0.15) is 11.3 Å². The van der Waals surface area contributed by atoms with Gasteiger partial charge in [-0.15, -0.1) is 0 Å². The SMILES string of the molecule is NCCS(=O)(=O)Nc1ccsc1. The summed E-state index contributed by atoms with van der Waals surface area (Å²) >= 11 is 1.44. The zero-order chi connectivity index (χ0) is 9.03. The number of hydrogen-bond donors (Lipinski definition) is 2. The van der Waals surface area contributed by atoms with Crippen molar-refractivity contribution in [1.29, 1.82) is 0 Å². The van der Waals surface area contributed by atoms with Crippen molar-refractivity contribution in [3.8, 4) is 0 Å². The van der Waals surface area contributed by atoms with Gasteiger partial charge in [0, 0.05) is 11.9 Å². The maximum atomic E-state index is 11.1. The molecule has 1 rings (SSSR count). The first-order chi connectivity index (χ1) is 5.64. The predicted octanol–water partition coefficient (Wildman–Crippen LogP) is 0.448. The highest BCUT2D eigenvalue weighted by Crippen LogP contribution is 2.13. The molecule has 0 bridgehead atoms. The van der Waals surface area contributed by atoms with Crippen molar-refractivity contribution in [1.82, 2.24) is 0 Å². The zero-order valence-electron chi connectivity index (χ0n) is 6.36. The van der Waals surface area contributed by atoms with E-state index in [9.17, 15) is 8.42 Å². The molecule has 0 unspecified atom stereocenters. The van der Waals surface area contributed by atoms with E-state index >= 15 is 0 Å². The Morgan fingerprint density at radius 1 is 1.58 bits per heavy atom. The summed E-state index contributed by atoms with van der Waals surface area (Å²) in [6.45, 7) is 0.138. The first kappa shape index (κ1) is 9.50. The highest BCUT2D eigenvalue weighted by Gasteiger charge is 2.07. The number of nitrogens with two attached hydrogens (primary N) is 1. The van der Waals surface area contributed by atoms with E-state index in [2.05, 4.69) is 4.72 Å². The second-order valence-corrected chi connectivity index (χ2v) is 4.84. The minimum atomic E-state index is -3.22. The Kier molecular flexibility index (Phi) is 3.07. The third-order valence-electron chi connectivity index (χ3n) is 1.18. The molecular weight excluding hydrogens is 196 g/mol. The first-order valence-electron chi connectivity index (χ1n) is 3.37. The predicted molar refractivity (Wildman–Crippen MR) is 50.8 cm³/mol. The van der Waals surface area contributed by atoms with E-state index in [0.717, 1.165) is 0 Å². The topological polar surface area (TPSA) is 72.2 Å². The van der Waals surface area contributed by atoms with Gasteiger partial charge < -0.3 is 5.73 Å². The third-order valence-corrected chi connectivity index (χ3v) is 3.18. The molecule has 0 aromatic carbocycles. The molecule has 1 aromatic rings. The molecule has 68 valence electrons. The highest BCUT2D eigenvalue weighted by atomic mass is 32.2. The number of nitrogens with one attached hydrogen (secondary N) is 1. The molecule has 0 atom stereocenters. The largest absolute Gasteiger partial charge is 0.329 e. The van der Waals surface area contributed by atoms with Crippen molar-refractivity contribution in [3.05, 3.63) is 16.8 Å². The summed E-state index contributed by atoms with van der Waals surface area (Å²) < 4.78 is 24.6. The summed E-state index contributed by atoms with van der Waals surface area (Å²) in [6, 6.07) is 1.71. The molecule has 0 saturated heterocycles. The molecule has 0 aliphatic carbocycles. The first-order valence-corrected chi connectivity index (χ1v) is 5.96. The Bertz CT molecular complexity index is 317. The number of anilines is 1. The quantitative estimate of drug-likeness (QED) is 0.751.